The molecular weight excluding hydrogens is 296 g/mol. The van der Waals surface area contributed by atoms with Crippen molar-refractivity contribution in [2.75, 3.05) is 18.0 Å². The molecule has 1 aliphatic rings. The van der Waals surface area contributed by atoms with Crippen LogP contribution in [0.4, 0.5) is 5.69 Å². The van der Waals surface area contributed by atoms with Crippen molar-refractivity contribution in [1.29, 1.82) is 0 Å². The molecule has 1 aliphatic heterocycles. The molecular formula is C15H20N6O2. The van der Waals surface area contributed by atoms with Gasteiger partial charge in [0.2, 0.25) is 5.91 Å². The normalized spacial score (nSPS) is 17.5. The van der Waals surface area contributed by atoms with Gasteiger partial charge in [-0.15, -0.1) is 0 Å². The Hall–Kier alpha value is -2.64. The van der Waals surface area contributed by atoms with Crippen molar-refractivity contribution >= 4 is 11.6 Å². The van der Waals surface area contributed by atoms with Crippen molar-refractivity contribution in [1.82, 2.24) is 25.7 Å². The number of hydrogen-bond donors (Lipinski definition) is 3. The number of aryl methyl sites for hydroxylation is 2. The van der Waals surface area contributed by atoms with Crippen LogP contribution in [0.1, 0.15) is 23.4 Å². The van der Waals surface area contributed by atoms with Gasteiger partial charge >= 0.3 is 0 Å². The van der Waals surface area contributed by atoms with Crippen molar-refractivity contribution in [3.8, 4) is 0 Å². The van der Waals surface area contributed by atoms with Gasteiger partial charge in [0.15, 0.2) is 0 Å². The molecule has 122 valence electrons. The van der Waals surface area contributed by atoms with E-state index in [4.69, 9.17) is 0 Å². The van der Waals surface area contributed by atoms with Crippen LogP contribution in [-0.2, 0) is 11.3 Å². The molecule has 0 aromatic carbocycles. The van der Waals surface area contributed by atoms with Gasteiger partial charge in [0.1, 0.15) is 0 Å². The average molecular weight is 316 g/mol. The van der Waals surface area contributed by atoms with Crippen LogP contribution in [0.25, 0.3) is 0 Å². The van der Waals surface area contributed by atoms with E-state index in [-0.39, 0.29) is 17.4 Å². The molecule has 2 aromatic heterocycles. The number of H-pyrrole nitrogens is 2. The topological polar surface area (TPSA) is 107 Å². The fourth-order valence-corrected chi connectivity index (χ4v) is 2.90. The Kier molecular flexibility index (Phi) is 4.14. The van der Waals surface area contributed by atoms with Crippen LogP contribution >= 0.6 is 0 Å². The van der Waals surface area contributed by atoms with Gasteiger partial charge in [-0.25, -0.2) is 5.10 Å². The minimum atomic E-state index is -0.235. The van der Waals surface area contributed by atoms with Crippen molar-refractivity contribution < 1.29 is 4.79 Å². The molecule has 0 spiro atoms. The van der Waals surface area contributed by atoms with Crippen molar-refractivity contribution in [3.05, 3.63) is 39.6 Å². The highest BCUT2D eigenvalue weighted by Crippen LogP contribution is 2.22. The summed E-state index contributed by atoms with van der Waals surface area (Å²) < 4.78 is 0. The zero-order valence-electron chi connectivity index (χ0n) is 13.2. The molecule has 1 fully saturated rings. The predicted octanol–water partition coefficient (Wildman–Crippen LogP) is 0.253. The largest absolute Gasteiger partial charge is 0.369 e. The van der Waals surface area contributed by atoms with Crippen LogP contribution in [0.5, 0.6) is 0 Å². The van der Waals surface area contributed by atoms with Crippen molar-refractivity contribution in [2.45, 2.75) is 26.8 Å². The van der Waals surface area contributed by atoms with E-state index < -0.39 is 0 Å². The fourth-order valence-electron chi connectivity index (χ4n) is 2.90. The van der Waals surface area contributed by atoms with E-state index in [1.165, 1.54) is 6.07 Å². The predicted molar refractivity (Wildman–Crippen MR) is 85.1 cm³/mol. The van der Waals surface area contributed by atoms with Gasteiger partial charge < -0.3 is 10.2 Å². The van der Waals surface area contributed by atoms with E-state index in [1.807, 2.05) is 18.7 Å². The molecule has 3 rings (SSSR count). The van der Waals surface area contributed by atoms with E-state index in [1.54, 1.807) is 6.20 Å². The molecule has 0 radical (unpaired) electrons. The first-order valence-corrected chi connectivity index (χ1v) is 7.62. The number of nitrogens with zero attached hydrogens (tertiary/aromatic N) is 3. The van der Waals surface area contributed by atoms with Gasteiger partial charge in [0.05, 0.1) is 23.5 Å². The van der Waals surface area contributed by atoms with Crippen LogP contribution < -0.4 is 15.8 Å². The second-order valence-corrected chi connectivity index (χ2v) is 5.87. The molecule has 0 saturated carbocycles. The average Bonchev–Trinajstić information content (AvgIpc) is 3.13. The molecule has 3 heterocycles. The number of hydrogen-bond acceptors (Lipinski definition) is 5. The Morgan fingerprint density at radius 3 is 2.96 bits per heavy atom. The first-order valence-electron chi connectivity index (χ1n) is 7.62. The van der Waals surface area contributed by atoms with Crippen molar-refractivity contribution in [2.24, 2.45) is 5.92 Å². The summed E-state index contributed by atoms with van der Waals surface area (Å²) in [6.45, 7) is 5.68. The molecule has 1 atom stereocenters. The van der Waals surface area contributed by atoms with Crippen LogP contribution in [-0.4, -0.2) is 39.4 Å². The van der Waals surface area contributed by atoms with E-state index in [0.29, 0.717) is 13.1 Å². The zero-order chi connectivity index (χ0) is 16.4. The third kappa shape index (κ3) is 3.25. The zero-order valence-corrected chi connectivity index (χ0v) is 13.2. The summed E-state index contributed by atoms with van der Waals surface area (Å²) in [7, 11) is 0. The number of rotatable bonds is 4. The number of anilines is 1. The van der Waals surface area contributed by atoms with Crippen LogP contribution in [0.15, 0.2) is 17.1 Å². The van der Waals surface area contributed by atoms with Crippen molar-refractivity contribution in [3.63, 3.8) is 0 Å². The van der Waals surface area contributed by atoms with Gasteiger partial charge in [0, 0.05) is 37.0 Å². The summed E-state index contributed by atoms with van der Waals surface area (Å²) in [5, 5.41) is 16.2. The number of carbonyl (C=O) groups is 1. The van der Waals surface area contributed by atoms with E-state index in [0.717, 1.165) is 35.6 Å². The molecule has 2 aromatic rings. The molecule has 23 heavy (non-hydrogen) atoms. The number of aromatic nitrogens is 4. The van der Waals surface area contributed by atoms with E-state index in [9.17, 15) is 9.59 Å². The maximum absolute atomic E-state index is 12.4. The number of amides is 1. The first-order chi connectivity index (χ1) is 11.0. The number of aromatic amines is 2. The molecule has 3 N–H and O–H groups in total. The molecule has 1 saturated heterocycles. The van der Waals surface area contributed by atoms with Gasteiger partial charge in [0.25, 0.3) is 5.56 Å². The molecule has 8 heteroatoms. The molecule has 1 unspecified atom stereocenters. The van der Waals surface area contributed by atoms with E-state index in [2.05, 4.69) is 25.7 Å². The van der Waals surface area contributed by atoms with Gasteiger partial charge in [-0.3, -0.25) is 14.7 Å². The van der Waals surface area contributed by atoms with Crippen LogP contribution in [0.2, 0.25) is 0 Å². The third-order valence-corrected chi connectivity index (χ3v) is 4.29. The summed E-state index contributed by atoms with van der Waals surface area (Å²) in [6, 6.07) is 1.51. The molecule has 8 nitrogen and oxygen atoms in total. The van der Waals surface area contributed by atoms with Gasteiger partial charge in [-0.2, -0.15) is 10.2 Å². The van der Waals surface area contributed by atoms with Gasteiger partial charge in [-0.05, 0) is 20.3 Å². The lowest BCUT2D eigenvalue weighted by Gasteiger charge is -2.17. The Morgan fingerprint density at radius 1 is 1.43 bits per heavy atom. The first kappa shape index (κ1) is 15.3. The highest BCUT2D eigenvalue weighted by molar-refractivity contribution is 5.80. The summed E-state index contributed by atoms with van der Waals surface area (Å²) in [6.07, 6.45) is 2.38. The quantitative estimate of drug-likeness (QED) is 0.750. The van der Waals surface area contributed by atoms with E-state index >= 15 is 0 Å². The lowest BCUT2D eigenvalue weighted by molar-refractivity contribution is -0.124. The lowest BCUT2D eigenvalue weighted by Crippen LogP contribution is -2.32. The van der Waals surface area contributed by atoms with Gasteiger partial charge in [-0.1, -0.05) is 0 Å². The maximum Gasteiger partial charge on any atom is 0.266 e. The highest BCUT2D eigenvalue weighted by Gasteiger charge is 2.28. The van der Waals surface area contributed by atoms with Crippen LogP contribution in [0.3, 0.4) is 0 Å². The summed E-state index contributed by atoms with van der Waals surface area (Å²) in [5.41, 5.74) is 3.44. The minimum Gasteiger partial charge on any atom is -0.369 e. The Bertz CT molecular complexity index is 746. The Labute approximate surface area is 133 Å². The Balaban J connectivity index is 1.58. The lowest BCUT2D eigenvalue weighted by atomic mass is 10.1. The summed E-state index contributed by atoms with van der Waals surface area (Å²) in [4.78, 5) is 25.7. The number of nitrogens with one attached hydrogen (secondary N) is 3. The highest BCUT2D eigenvalue weighted by atomic mass is 16.2. The molecule has 1 amide bonds. The monoisotopic (exact) mass is 316 g/mol. The minimum absolute atomic E-state index is 0.0327. The SMILES string of the molecule is Cc1n[nH]c(C)c1CNC(=O)C1CCN(c2cn[nH]c(=O)c2)C1. The maximum atomic E-state index is 12.4. The second-order valence-electron chi connectivity index (χ2n) is 5.87. The summed E-state index contributed by atoms with van der Waals surface area (Å²) in [5.74, 6) is -0.0490. The number of carbonyl (C=O) groups excluding carboxylic acids is 1. The molecule has 0 bridgehead atoms. The smallest absolute Gasteiger partial charge is 0.266 e. The third-order valence-electron chi connectivity index (χ3n) is 4.29. The Morgan fingerprint density at radius 2 is 2.26 bits per heavy atom. The standard InChI is InChI=1S/C15H20N6O2/c1-9-13(10(2)19-18-9)7-16-15(23)11-3-4-21(8-11)12-5-14(22)20-17-6-12/h5-6,11H,3-4,7-8H2,1-2H3,(H,16,23)(H,18,19)(H,20,22). The second kappa shape index (κ2) is 6.23. The van der Waals surface area contributed by atoms with Crippen LogP contribution in [0, 0.1) is 19.8 Å². The molecule has 0 aliphatic carbocycles. The fraction of sp³-hybridized carbons (Fsp3) is 0.467. The summed E-state index contributed by atoms with van der Waals surface area (Å²) >= 11 is 0.